The van der Waals surface area contributed by atoms with Crippen LogP contribution in [-0.2, 0) is 4.79 Å². The number of hydrogen-bond donors (Lipinski definition) is 1. The van der Waals surface area contributed by atoms with Crippen molar-refractivity contribution in [3.8, 4) is 21.8 Å². The van der Waals surface area contributed by atoms with E-state index in [1.54, 1.807) is 35.6 Å². The predicted octanol–water partition coefficient (Wildman–Crippen LogP) is 7.74. The molecule has 1 amide bonds. The molecule has 4 aromatic rings. The van der Waals surface area contributed by atoms with E-state index in [0.29, 0.717) is 15.7 Å². The van der Waals surface area contributed by atoms with Crippen LogP contribution in [0.4, 0.5) is 5.69 Å². The molecule has 0 spiro atoms. The molecule has 1 heterocycles. The van der Waals surface area contributed by atoms with Gasteiger partial charge in [-0.3, -0.25) is 4.79 Å². The topological polar surface area (TPSA) is 42.0 Å². The average molecular weight is 465 g/mol. The maximum Gasteiger partial charge on any atom is 0.248 e. The van der Waals surface area contributed by atoms with E-state index in [0.717, 1.165) is 32.3 Å². The fourth-order valence-electron chi connectivity index (χ4n) is 3.07. The van der Waals surface area contributed by atoms with E-state index >= 15 is 0 Å². The van der Waals surface area contributed by atoms with Gasteiger partial charge in [-0.2, -0.15) is 0 Å². The van der Waals surface area contributed by atoms with Crippen molar-refractivity contribution >= 4 is 52.2 Å². The van der Waals surface area contributed by atoms with Crippen molar-refractivity contribution in [2.45, 2.75) is 6.92 Å². The van der Waals surface area contributed by atoms with Crippen LogP contribution in [0.5, 0.6) is 0 Å². The number of nitrogens with one attached hydrogen (secondary N) is 1. The summed E-state index contributed by atoms with van der Waals surface area (Å²) >= 11 is 13.7. The standard InChI is InChI=1S/C25H18Cl2N2OS/c1-16-24(29-25(31-16)19-5-3-2-4-6-19)18-8-12-21(13-9-18)28-23(30)14-10-17-7-11-20(26)15-22(17)27/h2-15H,1H3,(H,28,30)/b14-10+. The maximum atomic E-state index is 12.3. The molecule has 31 heavy (non-hydrogen) atoms. The van der Waals surface area contributed by atoms with Gasteiger partial charge in [0.25, 0.3) is 0 Å². The fraction of sp³-hybridized carbons (Fsp3) is 0.0400. The van der Waals surface area contributed by atoms with E-state index < -0.39 is 0 Å². The van der Waals surface area contributed by atoms with E-state index in [4.69, 9.17) is 28.2 Å². The number of carbonyl (C=O) groups excluding carboxylic acids is 1. The Labute approximate surface area is 195 Å². The van der Waals surface area contributed by atoms with Gasteiger partial charge in [0.1, 0.15) is 5.01 Å². The van der Waals surface area contributed by atoms with Gasteiger partial charge in [-0.05, 0) is 42.8 Å². The molecule has 0 aliphatic heterocycles. The molecule has 0 bridgehead atoms. The first kappa shape index (κ1) is 21.3. The van der Waals surface area contributed by atoms with Gasteiger partial charge in [-0.25, -0.2) is 4.98 Å². The summed E-state index contributed by atoms with van der Waals surface area (Å²) in [6.45, 7) is 2.07. The zero-order valence-electron chi connectivity index (χ0n) is 16.6. The normalized spacial score (nSPS) is 11.1. The fourth-order valence-corrected chi connectivity index (χ4v) is 4.48. The first-order valence-corrected chi connectivity index (χ1v) is 11.1. The van der Waals surface area contributed by atoms with E-state index in [9.17, 15) is 4.79 Å². The van der Waals surface area contributed by atoms with Crippen LogP contribution in [0.15, 0.2) is 78.9 Å². The number of aromatic nitrogens is 1. The van der Waals surface area contributed by atoms with Gasteiger partial charge in [0, 0.05) is 37.8 Å². The van der Waals surface area contributed by atoms with E-state index in [2.05, 4.69) is 24.4 Å². The highest BCUT2D eigenvalue weighted by Gasteiger charge is 2.11. The molecule has 0 saturated heterocycles. The first-order chi connectivity index (χ1) is 15.0. The van der Waals surface area contributed by atoms with Crippen molar-refractivity contribution in [1.29, 1.82) is 0 Å². The number of rotatable bonds is 5. The summed E-state index contributed by atoms with van der Waals surface area (Å²) in [7, 11) is 0. The minimum absolute atomic E-state index is 0.241. The molecule has 0 fully saturated rings. The molecule has 4 rings (SSSR count). The summed E-state index contributed by atoms with van der Waals surface area (Å²) < 4.78 is 0. The van der Waals surface area contributed by atoms with Crippen LogP contribution < -0.4 is 5.32 Å². The Balaban J connectivity index is 1.45. The molecule has 1 aromatic heterocycles. The summed E-state index contributed by atoms with van der Waals surface area (Å²) in [6, 6.07) is 23.0. The average Bonchev–Trinajstić information content (AvgIpc) is 3.16. The van der Waals surface area contributed by atoms with Gasteiger partial charge >= 0.3 is 0 Å². The lowest BCUT2D eigenvalue weighted by molar-refractivity contribution is -0.111. The van der Waals surface area contributed by atoms with Crippen LogP contribution in [0.1, 0.15) is 10.4 Å². The third-order valence-electron chi connectivity index (χ3n) is 4.62. The molecule has 0 radical (unpaired) electrons. The number of aryl methyl sites for hydroxylation is 1. The van der Waals surface area contributed by atoms with E-state index in [1.165, 1.54) is 6.08 Å². The van der Waals surface area contributed by atoms with Gasteiger partial charge in [-0.15, -0.1) is 11.3 Å². The number of thiazole rings is 1. The lowest BCUT2D eigenvalue weighted by atomic mass is 10.1. The van der Waals surface area contributed by atoms with Gasteiger partial charge in [0.15, 0.2) is 0 Å². The summed E-state index contributed by atoms with van der Waals surface area (Å²) in [5.74, 6) is -0.241. The minimum atomic E-state index is -0.241. The van der Waals surface area contributed by atoms with Crippen molar-refractivity contribution in [3.05, 3.63) is 99.4 Å². The SMILES string of the molecule is Cc1sc(-c2ccccc2)nc1-c1ccc(NC(=O)/C=C/c2ccc(Cl)cc2Cl)cc1. The van der Waals surface area contributed by atoms with Gasteiger partial charge in [0.05, 0.1) is 5.69 Å². The Hall–Kier alpha value is -2.92. The Morgan fingerprint density at radius 2 is 1.71 bits per heavy atom. The van der Waals surface area contributed by atoms with Crippen LogP contribution in [0.25, 0.3) is 27.9 Å². The number of hydrogen-bond acceptors (Lipinski definition) is 3. The predicted molar refractivity (Wildman–Crippen MR) is 132 cm³/mol. The second-order valence-corrected chi connectivity index (χ2v) is 8.90. The summed E-state index contributed by atoms with van der Waals surface area (Å²) in [6.07, 6.45) is 3.10. The molecular formula is C25H18Cl2N2OS. The molecule has 0 unspecified atom stereocenters. The van der Waals surface area contributed by atoms with Crippen molar-refractivity contribution in [3.63, 3.8) is 0 Å². The highest BCUT2D eigenvalue weighted by atomic mass is 35.5. The molecular weight excluding hydrogens is 447 g/mol. The van der Waals surface area contributed by atoms with Gasteiger partial charge < -0.3 is 5.32 Å². The van der Waals surface area contributed by atoms with Crippen LogP contribution in [0.2, 0.25) is 10.0 Å². The van der Waals surface area contributed by atoms with E-state index in [1.807, 2.05) is 42.5 Å². The molecule has 6 heteroatoms. The maximum absolute atomic E-state index is 12.3. The minimum Gasteiger partial charge on any atom is -0.323 e. The molecule has 0 atom stereocenters. The number of carbonyl (C=O) groups is 1. The van der Waals surface area contributed by atoms with Crippen LogP contribution in [0.3, 0.4) is 0 Å². The quantitative estimate of drug-likeness (QED) is 0.306. The third kappa shape index (κ3) is 5.23. The molecule has 1 N–H and O–H groups in total. The van der Waals surface area contributed by atoms with Crippen molar-refractivity contribution in [2.24, 2.45) is 0 Å². The number of benzene rings is 3. The van der Waals surface area contributed by atoms with E-state index in [-0.39, 0.29) is 5.91 Å². The number of nitrogens with zero attached hydrogens (tertiary/aromatic N) is 1. The number of amides is 1. The smallest absolute Gasteiger partial charge is 0.248 e. The largest absolute Gasteiger partial charge is 0.323 e. The lowest BCUT2D eigenvalue weighted by Gasteiger charge is -2.04. The van der Waals surface area contributed by atoms with Crippen molar-refractivity contribution < 1.29 is 4.79 Å². The van der Waals surface area contributed by atoms with Gasteiger partial charge in [-0.1, -0.05) is 71.7 Å². The van der Waals surface area contributed by atoms with Gasteiger partial charge in [0.2, 0.25) is 5.91 Å². The Morgan fingerprint density at radius 3 is 2.42 bits per heavy atom. The van der Waals surface area contributed by atoms with Crippen LogP contribution in [-0.4, -0.2) is 10.9 Å². The molecule has 3 nitrogen and oxygen atoms in total. The molecule has 3 aromatic carbocycles. The zero-order chi connectivity index (χ0) is 21.8. The number of anilines is 1. The molecule has 154 valence electrons. The highest BCUT2D eigenvalue weighted by molar-refractivity contribution is 7.15. The highest BCUT2D eigenvalue weighted by Crippen LogP contribution is 2.33. The number of halogens is 2. The third-order valence-corrected chi connectivity index (χ3v) is 6.20. The van der Waals surface area contributed by atoms with Crippen LogP contribution >= 0.6 is 34.5 Å². The Kier molecular flexibility index (Phi) is 6.52. The summed E-state index contributed by atoms with van der Waals surface area (Å²) in [4.78, 5) is 18.2. The zero-order valence-corrected chi connectivity index (χ0v) is 18.9. The second kappa shape index (κ2) is 9.48. The van der Waals surface area contributed by atoms with Crippen molar-refractivity contribution in [2.75, 3.05) is 5.32 Å². The summed E-state index contributed by atoms with van der Waals surface area (Å²) in [5.41, 5.74) is 4.51. The Bertz CT molecular complexity index is 1250. The Morgan fingerprint density at radius 1 is 0.968 bits per heavy atom. The lowest BCUT2D eigenvalue weighted by Crippen LogP contribution is -2.07. The molecule has 0 saturated carbocycles. The monoisotopic (exact) mass is 464 g/mol. The second-order valence-electron chi connectivity index (χ2n) is 6.86. The van der Waals surface area contributed by atoms with Crippen molar-refractivity contribution in [1.82, 2.24) is 4.98 Å². The molecule has 0 aliphatic rings. The first-order valence-electron chi connectivity index (χ1n) is 9.57. The summed E-state index contributed by atoms with van der Waals surface area (Å²) in [5, 5.41) is 4.90. The van der Waals surface area contributed by atoms with Crippen LogP contribution in [0, 0.1) is 6.92 Å². The molecule has 0 aliphatic carbocycles.